The number of halogens is 1. The molecule has 7 nitrogen and oxygen atoms in total. The molecular weight excluding hydrogens is 450 g/mol. The summed E-state index contributed by atoms with van der Waals surface area (Å²) in [5, 5.41) is 3.30. The zero-order valence-electron chi connectivity index (χ0n) is 18.8. The highest BCUT2D eigenvalue weighted by molar-refractivity contribution is 7.92. The van der Waals surface area contributed by atoms with E-state index in [0.717, 1.165) is 28.1 Å². The van der Waals surface area contributed by atoms with Gasteiger partial charge >= 0.3 is 0 Å². The number of benzene rings is 2. The van der Waals surface area contributed by atoms with Crippen molar-refractivity contribution in [3.63, 3.8) is 0 Å². The quantitative estimate of drug-likeness (QED) is 0.566. The molecule has 1 N–H and O–H groups in total. The van der Waals surface area contributed by atoms with E-state index in [1.165, 1.54) is 4.90 Å². The first-order valence-corrected chi connectivity index (χ1v) is 12.6. The van der Waals surface area contributed by atoms with Crippen molar-refractivity contribution in [1.29, 1.82) is 0 Å². The van der Waals surface area contributed by atoms with Crippen LogP contribution in [0.4, 0.5) is 5.69 Å². The van der Waals surface area contributed by atoms with Crippen molar-refractivity contribution in [2.75, 3.05) is 23.7 Å². The van der Waals surface area contributed by atoms with Gasteiger partial charge in [-0.05, 0) is 50.1 Å². The maximum absolute atomic E-state index is 13.4. The van der Waals surface area contributed by atoms with Gasteiger partial charge in [-0.3, -0.25) is 13.9 Å². The highest BCUT2D eigenvalue weighted by Crippen LogP contribution is 2.20. The normalized spacial score (nSPS) is 12.2. The molecule has 0 aliphatic carbocycles. The fourth-order valence-corrected chi connectivity index (χ4v) is 4.20. The molecule has 174 valence electrons. The summed E-state index contributed by atoms with van der Waals surface area (Å²) in [5.41, 5.74) is 2.09. The number of aryl methyl sites for hydroxylation is 1. The summed E-state index contributed by atoms with van der Waals surface area (Å²) in [7, 11) is -3.73. The van der Waals surface area contributed by atoms with Crippen LogP contribution >= 0.6 is 11.6 Å². The number of nitrogens with zero attached hydrogens (tertiary/aromatic N) is 2. The van der Waals surface area contributed by atoms with E-state index in [9.17, 15) is 18.0 Å². The maximum atomic E-state index is 13.4. The Bertz CT molecular complexity index is 1040. The van der Waals surface area contributed by atoms with Crippen LogP contribution in [0.25, 0.3) is 0 Å². The topological polar surface area (TPSA) is 86.8 Å². The van der Waals surface area contributed by atoms with Crippen LogP contribution in [0.1, 0.15) is 31.4 Å². The molecule has 0 aliphatic rings. The summed E-state index contributed by atoms with van der Waals surface area (Å²) >= 11 is 6.09. The lowest BCUT2D eigenvalue weighted by atomic mass is 10.1. The number of carbonyl (C=O) groups excluding carboxylic acids is 2. The molecule has 0 aliphatic heterocycles. The predicted molar refractivity (Wildman–Crippen MR) is 128 cm³/mol. The molecule has 32 heavy (non-hydrogen) atoms. The fourth-order valence-electron chi connectivity index (χ4n) is 3.14. The van der Waals surface area contributed by atoms with Crippen LogP contribution in [-0.2, 0) is 26.2 Å². The van der Waals surface area contributed by atoms with Gasteiger partial charge in [0.15, 0.2) is 0 Å². The predicted octanol–water partition coefficient (Wildman–Crippen LogP) is 3.36. The SMILES string of the molecule is CCCNC(=O)C(C)N(Cc1cccc(Cl)c1)C(=O)CN(c1ccc(C)cc1)S(C)(=O)=O. The molecular formula is C23H30ClN3O4S. The van der Waals surface area contributed by atoms with Gasteiger partial charge in [-0.15, -0.1) is 0 Å². The second kappa shape index (κ2) is 11.3. The highest BCUT2D eigenvalue weighted by Gasteiger charge is 2.29. The van der Waals surface area contributed by atoms with Crippen molar-refractivity contribution in [1.82, 2.24) is 10.2 Å². The fraction of sp³-hybridized carbons (Fsp3) is 0.391. The van der Waals surface area contributed by atoms with Crippen LogP contribution in [0.3, 0.4) is 0 Å². The Hall–Kier alpha value is -2.58. The van der Waals surface area contributed by atoms with Gasteiger partial charge in [-0.25, -0.2) is 8.42 Å². The van der Waals surface area contributed by atoms with E-state index in [1.807, 2.05) is 13.8 Å². The lowest BCUT2D eigenvalue weighted by Gasteiger charge is -2.31. The number of rotatable bonds is 10. The summed E-state index contributed by atoms with van der Waals surface area (Å²) in [4.78, 5) is 27.4. The average molecular weight is 480 g/mol. The zero-order valence-corrected chi connectivity index (χ0v) is 20.4. The lowest BCUT2D eigenvalue weighted by Crippen LogP contribution is -2.51. The third kappa shape index (κ3) is 7.24. The number of amides is 2. The van der Waals surface area contributed by atoms with E-state index in [0.29, 0.717) is 17.3 Å². The van der Waals surface area contributed by atoms with Crippen molar-refractivity contribution in [2.45, 2.75) is 39.8 Å². The van der Waals surface area contributed by atoms with E-state index in [-0.39, 0.29) is 12.5 Å². The molecule has 2 aromatic rings. The number of anilines is 1. The molecule has 9 heteroatoms. The van der Waals surface area contributed by atoms with Crippen LogP contribution in [-0.4, -0.2) is 50.5 Å². The third-order valence-corrected chi connectivity index (χ3v) is 6.34. The summed E-state index contributed by atoms with van der Waals surface area (Å²) in [6.07, 6.45) is 1.81. The number of nitrogens with one attached hydrogen (secondary N) is 1. The molecule has 0 heterocycles. The van der Waals surface area contributed by atoms with Gasteiger partial charge in [0.2, 0.25) is 21.8 Å². The van der Waals surface area contributed by atoms with Gasteiger partial charge in [0.25, 0.3) is 0 Å². The number of hydrogen-bond acceptors (Lipinski definition) is 4. The average Bonchev–Trinajstić information content (AvgIpc) is 2.73. The molecule has 0 fully saturated rings. The van der Waals surface area contributed by atoms with Crippen LogP contribution in [0.2, 0.25) is 5.02 Å². The third-order valence-electron chi connectivity index (χ3n) is 4.96. The molecule has 0 bridgehead atoms. The van der Waals surface area contributed by atoms with Gasteiger partial charge < -0.3 is 10.2 Å². The molecule has 0 radical (unpaired) electrons. The Labute approximate surface area is 195 Å². The first-order valence-electron chi connectivity index (χ1n) is 10.4. The van der Waals surface area contributed by atoms with E-state index >= 15 is 0 Å². The van der Waals surface area contributed by atoms with Crippen molar-refractivity contribution < 1.29 is 18.0 Å². The molecule has 2 rings (SSSR count). The summed E-state index contributed by atoms with van der Waals surface area (Å²) in [6, 6.07) is 13.1. The van der Waals surface area contributed by atoms with E-state index in [2.05, 4.69) is 5.32 Å². The van der Waals surface area contributed by atoms with E-state index in [4.69, 9.17) is 11.6 Å². The van der Waals surface area contributed by atoms with Crippen molar-refractivity contribution >= 4 is 39.1 Å². The molecule has 2 aromatic carbocycles. The van der Waals surface area contributed by atoms with E-state index < -0.39 is 28.5 Å². The molecule has 0 saturated heterocycles. The van der Waals surface area contributed by atoms with Gasteiger partial charge in [-0.2, -0.15) is 0 Å². The first-order chi connectivity index (χ1) is 15.0. The standard InChI is InChI=1S/C23H30ClN3O4S/c1-5-13-25-23(29)18(3)26(15-19-7-6-8-20(24)14-19)22(28)16-27(32(4,30)31)21-11-9-17(2)10-12-21/h6-12,14,18H,5,13,15-16H2,1-4H3,(H,25,29). The summed E-state index contributed by atoms with van der Waals surface area (Å²) in [5.74, 6) is -0.793. The van der Waals surface area contributed by atoms with Crippen molar-refractivity contribution in [3.8, 4) is 0 Å². The highest BCUT2D eigenvalue weighted by atomic mass is 35.5. The maximum Gasteiger partial charge on any atom is 0.244 e. The van der Waals surface area contributed by atoms with Gasteiger partial charge in [0.1, 0.15) is 12.6 Å². The smallest absolute Gasteiger partial charge is 0.244 e. The molecule has 0 saturated carbocycles. The molecule has 1 atom stereocenters. The van der Waals surface area contributed by atoms with Crippen molar-refractivity contribution in [2.24, 2.45) is 0 Å². The molecule has 0 spiro atoms. The summed E-state index contributed by atoms with van der Waals surface area (Å²) in [6.45, 7) is 5.64. The second-order valence-electron chi connectivity index (χ2n) is 7.72. The van der Waals surface area contributed by atoms with Crippen LogP contribution in [0, 0.1) is 6.92 Å². The van der Waals surface area contributed by atoms with E-state index in [1.54, 1.807) is 55.5 Å². The molecule has 0 aromatic heterocycles. The van der Waals surface area contributed by atoms with Gasteiger partial charge in [0.05, 0.1) is 11.9 Å². The number of carbonyl (C=O) groups is 2. The minimum absolute atomic E-state index is 0.117. The number of hydrogen-bond donors (Lipinski definition) is 1. The minimum atomic E-state index is -3.73. The Balaban J connectivity index is 2.35. The molecule has 1 unspecified atom stereocenters. The Morgan fingerprint density at radius 1 is 1.12 bits per heavy atom. The monoisotopic (exact) mass is 479 g/mol. The Kier molecular flexibility index (Phi) is 9.09. The van der Waals surface area contributed by atoms with Crippen molar-refractivity contribution in [3.05, 3.63) is 64.7 Å². The van der Waals surface area contributed by atoms with Crippen LogP contribution in [0.15, 0.2) is 48.5 Å². The summed E-state index contributed by atoms with van der Waals surface area (Å²) < 4.78 is 26.0. The second-order valence-corrected chi connectivity index (χ2v) is 10.1. The van der Waals surface area contributed by atoms with Crippen LogP contribution in [0.5, 0.6) is 0 Å². The largest absolute Gasteiger partial charge is 0.354 e. The van der Waals surface area contributed by atoms with Gasteiger partial charge in [0, 0.05) is 18.1 Å². The van der Waals surface area contributed by atoms with Crippen LogP contribution < -0.4 is 9.62 Å². The Morgan fingerprint density at radius 3 is 2.34 bits per heavy atom. The van der Waals surface area contributed by atoms with Gasteiger partial charge in [-0.1, -0.05) is 48.4 Å². The lowest BCUT2D eigenvalue weighted by molar-refractivity contribution is -0.139. The zero-order chi connectivity index (χ0) is 23.9. The Morgan fingerprint density at radius 2 is 1.78 bits per heavy atom. The number of sulfonamides is 1. The first kappa shape index (κ1) is 25.7. The molecule has 2 amide bonds. The minimum Gasteiger partial charge on any atom is -0.354 e.